The molecule has 2 aliphatic rings. The zero-order chi connectivity index (χ0) is 21.8. The minimum absolute atomic E-state index is 0.143. The molecule has 0 aromatic rings. The summed E-state index contributed by atoms with van der Waals surface area (Å²) in [6.45, 7) is 12.4. The first-order chi connectivity index (χ1) is 13.5. The van der Waals surface area contributed by atoms with Crippen molar-refractivity contribution < 1.29 is 23.9 Å². The molecule has 2 fully saturated rings. The Balaban J connectivity index is 1.77. The van der Waals surface area contributed by atoms with Gasteiger partial charge < -0.3 is 19.7 Å². The van der Waals surface area contributed by atoms with Crippen LogP contribution in [0.2, 0.25) is 0 Å². The molecule has 2 rings (SSSR count). The zero-order valence-electron chi connectivity index (χ0n) is 18.8. The van der Waals surface area contributed by atoms with Crippen molar-refractivity contribution in [3.05, 3.63) is 0 Å². The largest absolute Gasteiger partial charge is 0.452 e. The minimum Gasteiger partial charge on any atom is -0.452 e. The van der Waals surface area contributed by atoms with E-state index in [0.717, 1.165) is 12.8 Å². The summed E-state index contributed by atoms with van der Waals surface area (Å²) in [5, 5.41) is 3.07. The van der Waals surface area contributed by atoms with Gasteiger partial charge in [0.05, 0.1) is 5.92 Å². The number of likely N-dealkylation sites (tertiary alicyclic amines) is 1. The van der Waals surface area contributed by atoms with E-state index in [-0.39, 0.29) is 29.9 Å². The molecule has 29 heavy (non-hydrogen) atoms. The number of rotatable bonds is 4. The van der Waals surface area contributed by atoms with Gasteiger partial charge in [-0.25, -0.2) is 4.79 Å². The third kappa shape index (κ3) is 6.89. The second kappa shape index (κ2) is 9.81. The summed E-state index contributed by atoms with van der Waals surface area (Å²) in [5.74, 6) is 0.129. The third-order valence-electron chi connectivity index (χ3n) is 6.18. The summed E-state index contributed by atoms with van der Waals surface area (Å²) in [4.78, 5) is 38.7. The zero-order valence-corrected chi connectivity index (χ0v) is 18.8. The van der Waals surface area contributed by atoms with Crippen LogP contribution in [0, 0.1) is 17.8 Å². The van der Waals surface area contributed by atoms with Crippen molar-refractivity contribution in [3.8, 4) is 0 Å². The first-order valence-corrected chi connectivity index (χ1v) is 11.0. The summed E-state index contributed by atoms with van der Waals surface area (Å²) in [6.07, 6.45) is 3.15. The summed E-state index contributed by atoms with van der Waals surface area (Å²) in [5.41, 5.74) is -0.538. The summed E-state index contributed by atoms with van der Waals surface area (Å²) >= 11 is 0. The lowest BCUT2D eigenvalue weighted by atomic mass is 9.78. The number of hydrogen-bond acceptors (Lipinski definition) is 5. The van der Waals surface area contributed by atoms with E-state index in [1.54, 1.807) is 11.8 Å². The van der Waals surface area contributed by atoms with Crippen LogP contribution < -0.4 is 5.32 Å². The Labute approximate surface area is 174 Å². The number of hydrogen-bond donors (Lipinski definition) is 1. The Kier molecular flexibility index (Phi) is 7.94. The Morgan fingerprint density at radius 2 is 1.66 bits per heavy atom. The Bertz CT molecular complexity index is 593. The molecule has 1 saturated heterocycles. The van der Waals surface area contributed by atoms with Crippen molar-refractivity contribution in [2.45, 2.75) is 91.4 Å². The molecule has 1 saturated carbocycles. The minimum atomic E-state index is -0.809. The monoisotopic (exact) mass is 410 g/mol. The van der Waals surface area contributed by atoms with Crippen LogP contribution in [0.4, 0.5) is 4.79 Å². The highest BCUT2D eigenvalue weighted by molar-refractivity contribution is 5.84. The van der Waals surface area contributed by atoms with Gasteiger partial charge in [-0.3, -0.25) is 9.59 Å². The van der Waals surface area contributed by atoms with E-state index in [9.17, 15) is 14.4 Å². The van der Waals surface area contributed by atoms with Crippen LogP contribution >= 0.6 is 0 Å². The maximum Gasteiger partial charge on any atom is 0.410 e. The van der Waals surface area contributed by atoms with E-state index in [0.29, 0.717) is 37.8 Å². The predicted octanol–water partition coefficient (Wildman–Crippen LogP) is 3.51. The predicted molar refractivity (Wildman–Crippen MR) is 110 cm³/mol. The molecule has 7 nitrogen and oxygen atoms in total. The first-order valence-electron chi connectivity index (χ1n) is 11.0. The number of carbonyl (C=O) groups is 3. The topological polar surface area (TPSA) is 84.9 Å². The number of nitrogens with zero attached hydrogens (tertiary/aromatic N) is 1. The molecular weight excluding hydrogens is 372 g/mol. The number of esters is 1. The Hall–Kier alpha value is -1.79. The van der Waals surface area contributed by atoms with Crippen LogP contribution in [0.3, 0.4) is 0 Å². The van der Waals surface area contributed by atoms with Gasteiger partial charge in [0.25, 0.3) is 5.91 Å². The molecule has 0 unspecified atom stereocenters. The highest BCUT2D eigenvalue weighted by Crippen LogP contribution is 2.29. The number of amides is 2. The fourth-order valence-corrected chi connectivity index (χ4v) is 4.03. The summed E-state index contributed by atoms with van der Waals surface area (Å²) < 4.78 is 10.8. The van der Waals surface area contributed by atoms with E-state index in [1.807, 2.05) is 20.8 Å². The molecule has 0 spiro atoms. The lowest BCUT2D eigenvalue weighted by molar-refractivity contribution is -0.160. The summed E-state index contributed by atoms with van der Waals surface area (Å²) in [6, 6.07) is 0.143. The lowest BCUT2D eigenvalue weighted by Crippen LogP contribution is -2.48. The van der Waals surface area contributed by atoms with Gasteiger partial charge in [0.15, 0.2) is 6.10 Å². The van der Waals surface area contributed by atoms with Crippen LogP contribution in [0.1, 0.15) is 73.6 Å². The molecule has 1 aliphatic heterocycles. The van der Waals surface area contributed by atoms with Crippen molar-refractivity contribution >= 4 is 18.0 Å². The number of ether oxygens (including phenoxy) is 2. The maximum absolute atomic E-state index is 12.5. The van der Waals surface area contributed by atoms with Crippen molar-refractivity contribution in [2.75, 3.05) is 13.1 Å². The standard InChI is InChI=1S/C22H38N2O5/c1-14-8-7-9-18(15(14)2)23-19(25)16(3)28-20(26)17-10-12-24(13-11-17)21(27)29-22(4,5)6/h14-18H,7-13H2,1-6H3,(H,23,25)/t14-,15-,16-,18+/m1/s1. The molecule has 0 bridgehead atoms. The molecule has 0 radical (unpaired) electrons. The highest BCUT2D eigenvalue weighted by Gasteiger charge is 2.33. The van der Waals surface area contributed by atoms with Crippen LogP contribution in [-0.2, 0) is 19.1 Å². The molecule has 1 N–H and O–H groups in total. The molecule has 1 heterocycles. The van der Waals surface area contributed by atoms with Crippen LogP contribution in [0.15, 0.2) is 0 Å². The molecule has 166 valence electrons. The van der Waals surface area contributed by atoms with Crippen molar-refractivity contribution in [1.29, 1.82) is 0 Å². The molecule has 0 aromatic carbocycles. The fraction of sp³-hybridized carbons (Fsp3) is 0.864. The van der Waals surface area contributed by atoms with Gasteiger partial charge in [-0.05, 0) is 58.8 Å². The second-order valence-electron chi connectivity index (χ2n) is 9.70. The molecule has 1 aliphatic carbocycles. The third-order valence-corrected chi connectivity index (χ3v) is 6.18. The van der Waals surface area contributed by atoms with Gasteiger partial charge in [0.1, 0.15) is 5.60 Å². The van der Waals surface area contributed by atoms with E-state index in [4.69, 9.17) is 9.47 Å². The molecule has 0 aromatic heterocycles. The van der Waals surface area contributed by atoms with Crippen LogP contribution in [0.25, 0.3) is 0 Å². The van der Waals surface area contributed by atoms with Gasteiger partial charge >= 0.3 is 12.1 Å². The Morgan fingerprint density at radius 1 is 1.03 bits per heavy atom. The smallest absolute Gasteiger partial charge is 0.410 e. The van der Waals surface area contributed by atoms with Gasteiger partial charge in [-0.15, -0.1) is 0 Å². The number of nitrogens with one attached hydrogen (secondary N) is 1. The molecule has 4 atom stereocenters. The van der Waals surface area contributed by atoms with Gasteiger partial charge in [0, 0.05) is 19.1 Å². The van der Waals surface area contributed by atoms with E-state index < -0.39 is 11.7 Å². The maximum atomic E-state index is 12.5. The normalized spacial score (nSPS) is 27.1. The number of carbonyl (C=O) groups excluding carboxylic acids is 3. The number of piperidine rings is 1. The first kappa shape index (κ1) is 23.5. The Morgan fingerprint density at radius 3 is 2.24 bits per heavy atom. The highest BCUT2D eigenvalue weighted by atomic mass is 16.6. The lowest BCUT2D eigenvalue weighted by Gasteiger charge is -2.35. The SMILES string of the molecule is C[C@@H]1[C@H](C)CCC[C@@H]1NC(=O)[C@@H](C)OC(=O)C1CCN(C(=O)OC(C)(C)C)CC1. The van der Waals surface area contributed by atoms with Crippen LogP contribution in [-0.4, -0.2) is 53.7 Å². The average molecular weight is 411 g/mol. The average Bonchev–Trinajstić information content (AvgIpc) is 2.64. The second-order valence-corrected chi connectivity index (χ2v) is 9.70. The van der Waals surface area contributed by atoms with E-state index in [2.05, 4.69) is 19.2 Å². The van der Waals surface area contributed by atoms with Gasteiger partial charge in [-0.1, -0.05) is 26.7 Å². The van der Waals surface area contributed by atoms with E-state index >= 15 is 0 Å². The van der Waals surface area contributed by atoms with Gasteiger partial charge in [-0.2, -0.15) is 0 Å². The molecular formula is C22H38N2O5. The van der Waals surface area contributed by atoms with E-state index in [1.165, 1.54) is 6.42 Å². The quantitative estimate of drug-likeness (QED) is 0.717. The van der Waals surface area contributed by atoms with Crippen molar-refractivity contribution in [3.63, 3.8) is 0 Å². The van der Waals surface area contributed by atoms with Crippen molar-refractivity contribution in [1.82, 2.24) is 10.2 Å². The molecule has 7 heteroatoms. The fourth-order valence-electron chi connectivity index (χ4n) is 4.03. The molecule has 2 amide bonds. The van der Waals surface area contributed by atoms with Crippen molar-refractivity contribution in [2.24, 2.45) is 17.8 Å². The summed E-state index contributed by atoms with van der Waals surface area (Å²) in [7, 11) is 0. The van der Waals surface area contributed by atoms with Gasteiger partial charge in [0.2, 0.25) is 0 Å². The van der Waals surface area contributed by atoms with Crippen LogP contribution in [0.5, 0.6) is 0 Å².